The summed E-state index contributed by atoms with van der Waals surface area (Å²) < 4.78 is 5.51. The molecule has 1 aliphatic heterocycles. The fourth-order valence-electron chi connectivity index (χ4n) is 5.13. The first-order valence-corrected chi connectivity index (χ1v) is 11.5. The number of carbonyl (C=O) groups is 2. The molecule has 164 valence electrons. The van der Waals surface area contributed by atoms with Crippen LogP contribution in [0.4, 0.5) is 0 Å². The van der Waals surface area contributed by atoms with Crippen LogP contribution in [-0.4, -0.2) is 35.4 Å². The van der Waals surface area contributed by atoms with Gasteiger partial charge in [0.15, 0.2) is 0 Å². The van der Waals surface area contributed by atoms with Crippen molar-refractivity contribution in [2.75, 3.05) is 6.61 Å². The summed E-state index contributed by atoms with van der Waals surface area (Å²) in [5.74, 6) is 1.16. The third-order valence-electron chi connectivity index (χ3n) is 6.70. The van der Waals surface area contributed by atoms with Gasteiger partial charge >= 0.3 is 0 Å². The summed E-state index contributed by atoms with van der Waals surface area (Å²) in [6.07, 6.45) is 5.15. The smallest absolute Gasteiger partial charge is 0.254 e. The Hall–Kier alpha value is -2.82. The second kappa shape index (κ2) is 9.54. The first kappa shape index (κ1) is 21.4. The molecule has 4 atom stereocenters. The lowest BCUT2D eigenvalue weighted by molar-refractivity contribution is -0.125. The van der Waals surface area contributed by atoms with Gasteiger partial charge in [0.1, 0.15) is 11.8 Å². The summed E-state index contributed by atoms with van der Waals surface area (Å²) in [6.45, 7) is 4.57. The van der Waals surface area contributed by atoms with Crippen molar-refractivity contribution >= 4 is 11.8 Å². The van der Waals surface area contributed by atoms with Crippen LogP contribution in [0.2, 0.25) is 0 Å². The molecule has 4 rings (SSSR count). The van der Waals surface area contributed by atoms with Crippen LogP contribution in [0, 0.1) is 5.92 Å². The highest BCUT2D eigenvalue weighted by Crippen LogP contribution is 2.40. The molecule has 1 heterocycles. The number of rotatable bonds is 6. The number of ether oxygens (including phenoxy) is 1. The van der Waals surface area contributed by atoms with E-state index < -0.39 is 6.04 Å². The van der Waals surface area contributed by atoms with Gasteiger partial charge in [0.05, 0.1) is 12.6 Å². The van der Waals surface area contributed by atoms with Crippen molar-refractivity contribution in [2.45, 2.75) is 64.1 Å². The van der Waals surface area contributed by atoms with Crippen LogP contribution in [0.5, 0.6) is 5.75 Å². The molecule has 0 radical (unpaired) electrons. The maximum atomic E-state index is 13.4. The molecule has 1 saturated carbocycles. The van der Waals surface area contributed by atoms with Crippen molar-refractivity contribution in [3.05, 3.63) is 65.7 Å². The van der Waals surface area contributed by atoms with E-state index in [0.717, 1.165) is 37.0 Å². The molecule has 0 spiro atoms. The van der Waals surface area contributed by atoms with Gasteiger partial charge in [0.25, 0.3) is 5.91 Å². The summed E-state index contributed by atoms with van der Waals surface area (Å²) in [5.41, 5.74) is 1.68. The van der Waals surface area contributed by atoms with E-state index >= 15 is 0 Å². The zero-order chi connectivity index (χ0) is 21.8. The Morgan fingerprint density at radius 1 is 1.06 bits per heavy atom. The topological polar surface area (TPSA) is 58.6 Å². The molecular formula is C26H32N2O3. The number of nitrogens with zero attached hydrogens (tertiary/aromatic N) is 1. The molecule has 2 aliphatic rings. The third kappa shape index (κ3) is 4.60. The highest BCUT2D eigenvalue weighted by molar-refractivity contribution is 5.98. The molecule has 0 bridgehead atoms. The fourth-order valence-corrected chi connectivity index (χ4v) is 5.13. The van der Waals surface area contributed by atoms with Gasteiger partial charge in [0, 0.05) is 11.6 Å². The second-order valence-corrected chi connectivity index (χ2v) is 8.67. The van der Waals surface area contributed by atoms with Crippen LogP contribution in [0.15, 0.2) is 54.6 Å². The molecule has 5 heteroatoms. The Kier molecular flexibility index (Phi) is 6.59. The van der Waals surface area contributed by atoms with Crippen LogP contribution < -0.4 is 10.1 Å². The van der Waals surface area contributed by atoms with Crippen LogP contribution >= 0.6 is 0 Å². The quantitative estimate of drug-likeness (QED) is 0.735. The summed E-state index contributed by atoms with van der Waals surface area (Å²) in [4.78, 5) is 28.7. The Labute approximate surface area is 184 Å². The SMILES string of the molecule is CCOc1ccc(C(C)NC(=O)C2CC3CCCCC3N2C(=O)c2ccccc2)cc1. The monoisotopic (exact) mass is 420 g/mol. The molecule has 1 aliphatic carbocycles. The average molecular weight is 421 g/mol. The largest absolute Gasteiger partial charge is 0.494 e. The van der Waals surface area contributed by atoms with E-state index in [0.29, 0.717) is 18.1 Å². The highest BCUT2D eigenvalue weighted by Gasteiger charge is 2.47. The van der Waals surface area contributed by atoms with E-state index in [2.05, 4.69) is 5.32 Å². The van der Waals surface area contributed by atoms with E-state index in [4.69, 9.17) is 4.74 Å². The summed E-state index contributed by atoms with van der Waals surface area (Å²) >= 11 is 0. The van der Waals surface area contributed by atoms with Crippen molar-refractivity contribution in [3.8, 4) is 5.75 Å². The van der Waals surface area contributed by atoms with Crippen LogP contribution in [0.3, 0.4) is 0 Å². The standard InChI is InChI=1S/C26H32N2O3/c1-3-31-22-15-13-19(14-16-22)18(2)27-25(29)24-17-21-11-7-8-12-23(21)28(24)26(30)20-9-5-4-6-10-20/h4-6,9-10,13-16,18,21,23-24H,3,7-8,11-12,17H2,1-2H3,(H,27,29). The van der Waals surface area contributed by atoms with Gasteiger partial charge < -0.3 is 15.0 Å². The van der Waals surface area contributed by atoms with Gasteiger partial charge in [-0.05, 0) is 68.9 Å². The molecular weight excluding hydrogens is 388 g/mol. The van der Waals surface area contributed by atoms with Gasteiger partial charge in [-0.1, -0.05) is 43.2 Å². The third-order valence-corrected chi connectivity index (χ3v) is 6.70. The van der Waals surface area contributed by atoms with E-state index in [1.165, 1.54) is 6.42 Å². The van der Waals surface area contributed by atoms with Gasteiger partial charge in [0.2, 0.25) is 5.91 Å². The number of carbonyl (C=O) groups excluding carboxylic acids is 2. The minimum atomic E-state index is -0.411. The van der Waals surface area contributed by atoms with Crippen molar-refractivity contribution in [1.82, 2.24) is 10.2 Å². The first-order valence-electron chi connectivity index (χ1n) is 11.5. The minimum Gasteiger partial charge on any atom is -0.494 e. The van der Waals surface area contributed by atoms with E-state index in [9.17, 15) is 9.59 Å². The van der Waals surface area contributed by atoms with Crippen LogP contribution in [0.25, 0.3) is 0 Å². The number of likely N-dealkylation sites (tertiary alicyclic amines) is 1. The lowest BCUT2D eigenvalue weighted by atomic mass is 9.84. The van der Waals surface area contributed by atoms with Gasteiger partial charge in [-0.25, -0.2) is 0 Å². The lowest BCUT2D eigenvalue weighted by Crippen LogP contribution is -2.50. The fraction of sp³-hybridized carbons (Fsp3) is 0.462. The predicted molar refractivity (Wildman–Crippen MR) is 121 cm³/mol. The Bertz CT molecular complexity index is 897. The number of amides is 2. The Morgan fingerprint density at radius 3 is 2.48 bits per heavy atom. The predicted octanol–water partition coefficient (Wildman–Crippen LogP) is 4.74. The molecule has 0 aromatic heterocycles. The minimum absolute atomic E-state index is 0.0242. The number of hydrogen-bond acceptors (Lipinski definition) is 3. The summed E-state index contributed by atoms with van der Waals surface area (Å²) in [7, 11) is 0. The molecule has 1 N–H and O–H groups in total. The molecule has 4 unspecified atom stereocenters. The van der Waals surface area contributed by atoms with Crippen molar-refractivity contribution in [1.29, 1.82) is 0 Å². The number of benzene rings is 2. The molecule has 1 saturated heterocycles. The molecule has 2 fully saturated rings. The number of fused-ring (bicyclic) bond motifs is 1. The maximum absolute atomic E-state index is 13.4. The van der Waals surface area contributed by atoms with E-state index in [1.807, 2.05) is 73.3 Å². The van der Waals surface area contributed by atoms with E-state index in [1.54, 1.807) is 0 Å². The zero-order valence-electron chi connectivity index (χ0n) is 18.4. The zero-order valence-corrected chi connectivity index (χ0v) is 18.4. The van der Waals surface area contributed by atoms with Crippen molar-refractivity contribution < 1.29 is 14.3 Å². The molecule has 5 nitrogen and oxygen atoms in total. The highest BCUT2D eigenvalue weighted by atomic mass is 16.5. The van der Waals surface area contributed by atoms with Gasteiger partial charge in [-0.3, -0.25) is 9.59 Å². The maximum Gasteiger partial charge on any atom is 0.254 e. The summed E-state index contributed by atoms with van der Waals surface area (Å²) in [5, 5.41) is 3.16. The van der Waals surface area contributed by atoms with Crippen molar-refractivity contribution in [3.63, 3.8) is 0 Å². The number of nitrogens with one attached hydrogen (secondary N) is 1. The van der Waals surface area contributed by atoms with Crippen LogP contribution in [-0.2, 0) is 4.79 Å². The van der Waals surface area contributed by atoms with Crippen LogP contribution in [0.1, 0.15) is 67.9 Å². The Balaban J connectivity index is 1.51. The first-order chi connectivity index (χ1) is 15.1. The molecule has 2 amide bonds. The molecule has 2 aromatic rings. The van der Waals surface area contributed by atoms with Crippen molar-refractivity contribution in [2.24, 2.45) is 5.92 Å². The van der Waals surface area contributed by atoms with Gasteiger partial charge in [-0.2, -0.15) is 0 Å². The Morgan fingerprint density at radius 2 is 1.77 bits per heavy atom. The molecule has 2 aromatic carbocycles. The number of hydrogen-bond donors (Lipinski definition) is 1. The lowest BCUT2D eigenvalue weighted by Gasteiger charge is -2.34. The summed E-state index contributed by atoms with van der Waals surface area (Å²) in [6, 6.07) is 16.8. The van der Waals surface area contributed by atoms with Gasteiger partial charge in [-0.15, -0.1) is 0 Å². The molecule has 31 heavy (non-hydrogen) atoms. The average Bonchev–Trinajstić information content (AvgIpc) is 3.19. The van der Waals surface area contributed by atoms with E-state index in [-0.39, 0.29) is 23.9 Å². The second-order valence-electron chi connectivity index (χ2n) is 8.67. The normalized spacial score (nSPS) is 23.7.